The van der Waals surface area contributed by atoms with Gasteiger partial charge in [0.15, 0.2) is 5.82 Å². The lowest BCUT2D eigenvalue weighted by Gasteiger charge is -2.12. The first-order valence-corrected chi connectivity index (χ1v) is 6.16. The van der Waals surface area contributed by atoms with Gasteiger partial charge < -0.3 is 10.5 Å². The van der Waals surface area contributed by atoms with Gasteiger partial charge in [-0.15, -0.1) is 0 Å². The van der Waals surface area contributed by atoms with Crippen LogP contribution in [0, 0.1) is 19.7 Å². The van der Waals surface area contributed by atoms with E-state index in [9.17, 15) is 9.18 Å². The molecule has 2 aromatic rings. The maximum atomic E-state index is 13.7. The number of amides is 1. The highest BCUT2D eigenvalue weighted by atomic mass is 35.5. The third-order valence-electron chi connectivity index (χ3n) is 2.72. The summed E-state index contributed by atoms with van der Waals surface area (Å²) in [7, 11) is 0. The lowest BCUT2D eigenvalue weighted by atomic mass is 10.1. The minimum absolute atomic E-state index is 0.174. The Labute approximate surface area is 120 Å². The molecule has 2 N–H and O–H groups in total. The van der Waals surface area contributed by atoms with Crippen LogP contribution >= 0.6 is 11.6 Å². The summed E-state index contributed by atoms with van der Waals surface area (Å²) in [6.07, 6.45) is 1.29. The van der Waals surface area contributed by atoms with Crippen molar-refractivity contribution >= 4 is 17.5 Å². The van der Waals surface area contributed by atoms with E-state index in [2.05, 4.69) is 4.98 Å². The molecule has 4 nitrogen and oxygen atoms in total. The van der Waals surface area contributed by atoms with Gasteiger partial charge in [-0.25, -0.2) is 9.37 Å². The molecular weight excluding hydrogens is 283 g/mol. The van der Waals surface area contributed by atoms with E-state index in [4.69, 9.17) is 22.1 Å². The van der Waals surface area contributed by atoms with Crippen LogP contribution in [0.1, 0.15) is 21.5 Å². The van der Waals surface area contributed by atoms with E-state index >= 15 is 0 Å². The molecule has 0 aliphatic heterocycles. The molecule has 6 heteroatoms. The number of benzene rings is 1. The highest BCUT2D eigenvalue weighted by Gasteiger charge is 2.13. The molecule has 0 radical (unpaired) electrons. The van der Waals surface area contributed by atoms with E-state index in [0.29, 0.717) is 22.4 Å². The van der Waals surface area contributed by atoms with E-state index in [-0.39, 0.29) is 10.9 Å². The average Bonchev–Trinajstić information content (AvgIpc) is 2.35. The number of rotatable bonds is 3. The maximum absolute atomic E-state index is 13.7. The highest BCUT2D eigenvalue weighted by molar-refractivity contribution is 6.30. The largest absolute Gasteiger partial charge is 0.436 e. The molecule has 0 atom stereocenters. The molecule has 0 aliphatic carbocycles. The third kappa shape index (κ3) is 2.88. The fourth-order valence-corrected chi connectivity index (χ4v) is 1.97. The predicted octanol–water partition coefficient (Wildman–Crippen LogP) is 3.38. The van der Waals surface area contributed by atoms with Gasteiger partial charge in [0, 0.05) is 11.8 Å². The van der Waals surface area contributed by atoms with Crippen LogP contribution in [-0.2, 0) is 0 Å². The minimum Gasteiger partial charge on any atom is -0.436 e. The standard InChI is InChI=1S/C14H12ClFN2O2/c1-7-3-9(13(17)19)4-8(2)12(7)20-14-11(16)5-10(15)6-18-14/h3-6H,1-2H3,(H2,17,19). The summed E-state index contributed by atoms with van der Waals surface area (Å²) in [6, 6.07) is 4.28. The van der Waals surface area contributed by atoms with Gasteiger partial charge >= 0.3 is 0 Å². The third-order valence-corrected chi connectivity index (χ3v) is 2.92. The molecule has 20 heavy (non-hydrogen) atoms. The van der Waals surface area contributed by atoms with Crippen molar-refractivity contribution in [2.24, 2.45) is 5.73 Å². The van der Waals surface area contributed by atoms with Crippen molar-refractivity contribution in [3.8, 4) is 11.6 Å². The first kappa shape index (κ1) is 14.3. The number of nitrogens with zero attached hydrogens (tertiary/aromatic N) is 1. The van der Waals surface area contributed by atoms with Gasteiger partial charge in [0.1, 0.15) is 5.75 Å². The van der Waals surface area contributed by atoms with Crippen LogP contribution in [-0.4, -0.2) is 10.9 Å². The van der Waals surface area contributed by atoms with Crippen LogP contribution in [0.5, 0.6) is 11.6 Å². The van der Waals surface area contributed by atoms with Crippen LogP contribution in [0.4, 0.5) is 4.39 Å². The molecule has 2 rings (SSSR count). The van der Waals surface area contributed by atoms with Crippen molar-refractivity contribution in [1.29, 1.82) is 0 Å². The summed E-state index contributed by atoms with van der Waals surface area (Å²) in [5.41, 5.74) is 6.92. The number of halogens is 2. The molecular formula is C14H12ClFN2O2. The fraction of sp³-hybridized carbons (Fsp3) is 0.143. The summed E-state index contributed by atoms with van der Waals surface area (Å²) in [6.45, 7) is 3.48. The molecule has 1 aromatic heterocycles. The molecule has 0 aliphatic rings. The highest BCUT2D eigenvalue weighted by Crippen LogP contribution is 2.30. The van der Waals surface area contributed by atoms with E-state index in [1.807, 2.05) is 0 Å². The quantitative estimate of drug-likeness (QED) is 0.943. The zero-order chi connectivity index (χ0) is 14.9. The molecule has 0 spiro atoms. The number of carbonyl (C=O) groups is 1. The van der Waals surface area contributed by atoms with Crippen molar-refractivity contribution in [1.82, 2.24) is 4.98 Å². The van der Waals surface area contributed by atoms with Crippen LogP contribution in [0.2, 0.25) is 5.02 Å². The van der Waals surface area contributed by atoms with Crippen molar-refractivity contribution in [2.75, 3.05) is 0 Å². The smallest absolute Gasteiger partial charge is 0.255 e. The SMILES string of the molecule is Cc1cc(C(N)=O)cc(C)c1Oc1ncc(Cl)cc1F. The molecule has 0 saturated carbocycles. The first-order valence-electron chi connectivity index (χ1n) is 5.78. The molecule has 1 heterocycles. The number of hydrogen-bond donors (Lipinski definition) is 1. The van der Waals surface area contributed by atoms with Gasteiger partial charge in [0.25, 0.3) is 5.88 Å². The second kappa shape index (κ2) is 5.46. The van der Waals surface area contributed by atoms with Crippen molar-refractivity contribution < 1.29 is 13.9 Å². The summed E-state index contributed by atoms with van der Waals surface area (Å²) >= 11 is 5.63. The zero-order valence-corrected chi connectivity index (χ0v) is 11.7. The average molecular weight is 295 g/mol. The van der Waals surface area contributed by atoms with Gasteiger partial charge in [-0.2, -0.15) is 0 Å². The Balaban J connectivity index is 2.41. The number of pyridine rings is 1. The first-order chi connectivity index (χ1) is 9.38. The second-order valence-corrected chi connectivity index (χ2v) is 4.78. The Bertz CT molecular complexity index is 666. The molecule has 0 bridgehead atoms. The minimum atomic E-state index is -0.657. The van der Waals surface area contributed by atoms with E-state index in [1.165, 1.54) is 6.20 Å². The second-order valence-electron chi connectivity index (χ2n) is 4.35. The van der Waals surface area contributed by atoms with Crippen LogP contribution in [0.3, 0.4) is 0 Å². The Kier molecular flexibility index (Phi) is 3.90. The number of hydrogen-bond acceptors (Lipinski definition) is 3. The van der Waals surface area contributed by atoms with Crippen molar-refractivity contribution in [3.63, 3.8) is 0 Å². The molecule has 1 aromatic carbocycles. The fourth-order valence-electron chi connectivity index (χ4n) is 1.83. The Morgan fingerprint density at radius 1 is 1.30 bits per heavy atom. The van der Waals surface area contributed by atoms with Crippen LogP contribution in [0.15, 0.2) is 24.4 Å². The number of aromatic nitrogens is 1. The monoisotopic (exact) mass is 294 g/mol. The summed E-state index contributed by atoms with van der Waals surface area (Å²) in [5.74, 6) is -0.926. The molecule has 0 fully saturated rings. The maximum Gasteiger partial charge on any atom is 0.255 e. The van der Waals surface area contributed by atoms with Crippen molar-refractivity contribution in [3.05, 3.63) is 51.9 Å². The molecule has 0 unspecified atom stereocenters. The lowest BCUT2D eigenvalue weighted by molar-refractivity contribution is 0.1000. The van der Waals surface area contributed by atoms with E-state index in [0.717, 1.165) is 6.07 Å². The predicted molar refractivity (Wildman–Crippen MR) is 73.7 cm³/mol. The van der Waals surface area contributed by atoms with Gasteiger partial charge in [-0.05, 0) is 43.2 Å². The normalized spacial score (nSPS) is 10.4. The molecule has 0 saturated heterocycles. The summed E-state index contributed by atoms with van der Waals surface area (Å²) in [5, 5.41) is 0.187. The number of aryl methyl sites for hydroxylation is 2. The number of ether oxygens (including phenoxy) is 1. The Morgan fingerprint density at radius 3 is 2.40 bits per heavy atom. The summed E-state index contributed by atoms with van der Waals surface area (Å²) < 4.78 is 19.1. The van der Waals surface area contributed by atoms with Gasteiger partial charge in [0.05, 0.1) is 5.02 Å². The van der Waals surface area contributed by atoms with Crippen LogP contribution < -0.4 is 10.5 Å². The molecule has 1 amide bonds. The van der Waals surface area contributed by atoms with Gasteiger partial charge in [-0.1, -0.05) is 11.6 Å². The van der Waals surface area contributed by atoms with Crippen LogP contribution in [0.25, 0.3) is 0 Å². The van der Waals surface area contributed by atoms with Crippen molar-refractivity contribution in [2.45, 2.75) is 13.8 Å². The van der Waals surface area contributed by atoms with E-state index in [1.54, 1.807) is 26.0 Å². The van der Waals surface area contributed by atoms with Gasteiger partial charge in [0.2, 0.25) is 5.91 Å². The van der Waals surface area contributed by atoms with Gasteiger partial charge in [-0.3, -0.25) is 4.79 Å². The molecule has 104 valence electrons. The summed E-state index contributed by atoms with van der Waals surface area (Å²) in [4.78, 5) is 15.0. The zero-order valence-electron chi connectivity index (χ0n) is 10.9. The Hall–Kier alpha value is -2.14. The van der Waals surface area contributed by atoms with E-state index < -0.39 is 11.7 Å². The number of nitrogens with two attached hydrogens (primary N) is 1. The number of carbonyl (C=O) groups excluding carboxylic acids is 1. The number of primary amides is 1. The Morgan fingerprint density at radius 2 is 1.90 bits per heavy atom. The topological polar surface area (TPSA) is 65.2 Å². The lowest BCUT2D eigenvalue weighted by Crippen LogP contribution is -2.11.